The number of hydrogen-bond acceptors (Lipinski definition) is 3. The van der Waals surface area contributed by atoms with Gasteiger partial charge in [0.05, 0.1) is 5.69 Å². The molecule has 5 nitrogen and oxygen atoms in total. The SMILES string of the molecule is NC1=NC(=O)C(N2C(=O)c3ccc(Br)c4cccc2c34)CC1. The first kappa shape index (κ1) is 13.5. The van der Waals surface area contributed by atoms with Crippen molar-refractivity contribution in [1.29, 1.82) is 0 Å². The van der Waals surface area contributed by atoms with Crippen molar-refractivity contribution in [3.63, 3.8) is 0 Å². The minimum absolute atomic E-state index is 0.146. The highest BCUT2D eigenvalue weighted by Gasteiger charge is 2.39. The van der Waals surface area contributed by atoms with Gasteiger partial charge in [0, 0.05) is 21.8 Å². The number of carbonyl (C=O) groups excluding carboxylic acids is 2. The lowest BCUT2D eigenvalue weighted by atomic mass is 10.0. The number of halogens is 1. The van der Waals surface area contributed by atoms with Gasteiger partial charge in [-0.25, -0.2) is 0 Å². The molecule has 2 aromatic rings. The van der Waals surface area contributed by atoms with E-state index in [1.54, 1.807) is 11.0 Å². The summed E-state index contributed by atoms with van der Waals surface area (Å²) >= 11 is 3.51. The normalized spacial score (nSPS) is 20.7. The topological polar surface area (TPSA) is 75.8 Å². The summed E-state index contributed by atoms with van der Waals surface area (Å²) < 4.78 is 0.931. The zero-order valence-corrected chi connectivity index (χ0v) is 13.1. The lowest BCUT2D eigenvalue weighted by Crippen LogP contribution is -2.45. The van der Waals surface area contributed by atoms with Crippen LogP contribution in [-0.2, 0) is 4.79 Å². The molecule has 0 fully saturated rings. The largest absolute Gasteiger partial charge is 0.387 e. The first-order valence-electron chi connectivity index (χ1n) is 6.99. The third-order valence-electron chi connectivity index (χ3n) is 4.20. The Balaban J connectivity index is 1.91. The van der Waals surface area contributed by atoms with Gasteiger partial charge in [0.25, 0.3) is 11.8 Å². The number of anilines is 1. The van der Waals surface area contributed by atoms with Crippen molar-refractivity contribution in [3.8, 4) is 0 Å². The highest BCUT2D eigenvalue weighted by Crippen LogP contribution is 2.42. The van der Waals surface area contributed by atoms with Crippen LogP contribution in [0.15, 0.2) is 39.8 Å². The maximum Gasteiger partial charge on any atom is 0.270 e. The van der Waals surface area contributed by atoms with Crippen molar-refractivity contribution >= 4 is 50.0 Å². The Hall–Kier alpha value is -2.21. The van der Waals surface area contributed by atoms with E-state index in [9.17, 15) is 9.59 Å². The standard InChI is InChI=1S/C16H12BrN3O2/c17-10-5-4-9-14-8(10)2-1-3-11(14)20(16(9)22)12-6-7-13(18)19-15(12)21/h1-5,12H,6-7H2,(H2,18,19,21). The highest BCUT2D eigenvalue weighted by atomic mass is 79.9. The molecule has 0 saturated heterocycles. The molecule has 22 heavy (non-hydrogen) atoms. The molecule has 2 aliphatic rings. The zero-order chi connectivity index (χ0) is 15.4. The van der Waals surface area contributed by atoms with Crippen LogP contribution < -0.4 is 10.6 Å². The molecular formula is C16H12BrN3O2. The summed E-state index contributed by atoms with van der Waals surface area (Å²) in [5.41, 5.74) is 7.02. The Labute approximate surface area is 134 Å². The molecule has 2 heterocycles. The Morgan fingerprint density at radius 1 is 1.23 bits per heavy atom. The molecule has 0 aliphatic carbocycles. The molecule has 2 aromatic carbocycles. The molecule has 0 spiro atoms. The minimum Gasteiger partial charge on any atom is -0.387 e. The van der Waals surface area contributed by atoms with E-state index in [1.165, 1.54) is 0 Å². The summed E-state index contributed by atoms with van der Waals surface area (Å²) in [5.74, 6) is -0.153. The van der Waals surface area contributed by atoms with Crippen molar-refractivity contribution in [1.82, 2.24) is 0 Å². The molecule has 0 bridgehead atoms. The summed E-state index contributed by atoms with van der Waals surface area (Å²) in [7, 11) is 0. The van der Waals surface area contributed by atoms with Gasteiger partial charge >= 0.3 is 0 Å². The van der Waals surface area contributed by atoms with Gasteiger partial charge < -0.3 is 5.73 Å². The molecule has 2 amide bonds. The fourth-order valence-electron chi connectivity index (χ4n) is 3.20. The second kappa shape index (κ2) is 4.64. The predicted molar refractivity (Wildman–Crippen MR) is 88.1 cm³/mol. The minimum atomic E-state index is -0.573. The number of amides is 2. The molecule has 2 aliphatic heterocycles. The van der Waals surface area contributed by atoms with Crippen LogP contribution in [0, 0.1) is 0 Å². The maximum atomic E-state index is 12.8. The van der Waals surface area contributed by atoms with Gasteiger partial charge in [0.15, 0.2) is 0 Å². The van der Waals surface area contributed by atoms with E-state index >= 15 is 0 Å². The maximum absolute atomic E-state index is 12.8. The fraction of sp³-hybridized carbons (Fsp3) is 0.188. The van der Waals surface area contributed by atoms with Gasteiger partial charge in [0.2, 0.25) is 0 Å². The monoisotopic (exact) mass is 357 g/mol. The first-order valence-corrected chi connectivity index (χ1v) is 7.79. The number of nitrogens with two attached hydrogens (primary N) is 1. The van der Waals surface area contributed by atoms with Crippen LogP contribution in [0.3, 0.4) is 0 Å². The smallest absolute Gasteiger partial charge is 0.270 e. The highest BCUT2D eigenvalue weighted by molar-refractivity contribution is 9.10. The molecule has 110 valence electrons. The van der Waals surface area contributed by atoms with Crippen LogP contribution in [0.1, 0.15) is 23.2 Å². The summed E-state index contributed by atoms with van der Waals surface area (Å²) in [5, 5.41) is 1.86. The lowest BCUT2D eigenvalue weighted by molar-refractivity contribution is -0.119. The van der Waals surface area contributed by atoms with Gasteiger partial charge in [-0.2, -0.15) is 4.99 Å². The Morgan fingerprint density at radius 3 is 2.82 bits per heavy atom. The number of nitrogens with zero attached hydrogens (tertiary/aromatic N) is 2. The second-order valence-corrected chi connectivity index (χ2v) is 6.32. The van der Waals surface area contributed by atoms with Crippen molar-refractivity contribution in [3.05, 3.63) is 40.4 Å². The van der Waals surface area contributed by atoms with Gasteiger partial charge in [-0.15, -0.1) is 0 Å². The molecule has 0 saturated carbocycles. The number of carbonyl (C=O) groups is 2. The van der Waals surface area contributed by atoms with Crippen LogP contribution in [0.4, 0.5) is 5.69 Å². The van der Waals surface area contributed by atoms with Crippen molar-refractivity contribution in [2.45, 2.75) is 18.9 Å². The zero-order valence-electron chi connectivity index (χ0n) is 11.5. The average molecular weight is 358 g/mol. The molecule has 0 radical (unpaired) electrons. The van der Waals surface area contributed by atoms with Crippen molar-refractivity contribution in [2.24, 2.45) is 10.7 Å². The quantitative estimate of drug-likeness (QED) is 0.852. The Kier molecular flexibility index (Phi) is 2.84. The van der Waals surface area contributed by atoms with Gasteiger partial charge in [0.1, 0.15) is 11.9 Å². The molecule has 1 unspecified atom stereocenters. The van der Waals surface area contributed by atoms with E-state index in [-0.39, 0.29) is 11.8 Å². The van der Waals surface area contributed by atoms with Crippen LogP contribution in [0.25, 0.3) is 10.8 Å². The molecule has 1 atom stereocenters. The van der Waals surface area contributed by atoms with Crippen LogP contribution in [0.5, 0.6) is 0 Å². The number of benzene rings is 2. The summed E-state index contributed by atoms with van der Waals surface area (Å²) in [6.45, 7) is 0. The first-order chi connectivity index (χ1) is 10.6. The summed E-state index contributed by atoms with van der Waals surface area (Å²) in [6, 6.07) is 8.81. The summed E-state index contributed by atoms with van der Waals surface area (Å²) in [4.78, 5) is 30.4. The van der Waals surface area contributed by atoms with Crippen LogP contribution >= 0.6 is 15.9 Å². The third kappa shape index (κ3) is 1.73. The Morgan fingerprint density at radius 2 is 2.05 bits per heavy atom. The van der Waals surface area contributed by atoms with E-state index in [0.717, 1.165) is 20.9 Å². The number of hydrogen-bond donors (Lipinski definition) is 1. The molecule has 0 aromatic heterocycles. The Bertz CT molecular complexity index is 875. The van der Waals surface area contributed by atoms with Gasteiger partial charge in [-0.05, 0) is 30.0 Å². The van der Waals surface area contributed by atoms with E-state index < -0.39 is 6.04 Å². The van der Waals surface area contributed by atoms with E-state index in [0.29, 0.717) is 24.2 Å². The van der Waals surface area contributed by atoms with Crippen molar-refractivity contribution in [2.75, 3.05) is 4.90 Å². The molecule has 2 N–H and O–H groups in total. The van der Waals surface area contributed by atoms with E-state index in [2.05, 4.69) is 20.9 Å². The third-order valence-corrected chi connectivity index (χ3v) is 4.89. The molecule has 4 rings (SSSR count). The fourth-order valence-corrected chi connectivity index (χ4v) is 3.66. The second-order valence-electron chi connectivity index (χ2n) is 5.47. The number of rotatable bonds is 1. The van der Waals surface area contributed by atoms with E-state index in [4.69, 9.17) is 5.73 Å². The number of amidine groups is 1. The molecule has 6 heteroatoms. The molecular weight excluding hydrogens is 346 g/mol. The summed E-state index contributed by atoms with van der Waals surface area (Å²) in [6.07, 6.45) is 1.03. The predicted octanol–water partition coefficient (Wildman–Crippen LogP) is 2.61. The van der Waals surface area contributed by atoms with Gasteiger partial charge in [-0.1, -0.05) is 28.1 Å². The van der Waals surface area contributed by atoms with Crippen molar-refractivity contribution < 1.29 is 9.59 Å². The average Bonchev–Trinajstić information content (AvgIpc) is 2.77. The number of aliphatic imine (C=N–C) groups is 1. The lowest BCUT2D eigenvalue weighted by Gasteiger charge is -2.28. The van der Waals surface area contributed by atoms with Crippen LogP contribution in [0.2, 0.25) is 0 Å². The van der Waals surface area contributed by atoms with Crippen LogP contribution in [-0.4, -0.2) is 23.7 Å². The van der Waals surface area contributed by atoms with E-state index in [1.807, 2.05) is 24.3 Å². The van der Waals surface area contributed by atoms with Gasteiger partial charge in [-0.3, -0.25) is 14.5 Å².